The number of nitrogen functional groups attached to an aromatic ring is 1. The van der Waals surface area contributed by atoms with Crippen molar-refractivity contribution in [3.8, 4) is 0 Å². The van der Waals surface area contributed by atoms with Gasteiger partial charge in [0.15, 0.2) is 5.82 Å². The zero-order valence-electron chi connectivity index (χ0n) is 9.14. The normalized spacial score (nSPS) is 10.5. The van der Waals surface area contributed by atoms with Gasteiger partial charge in [0.25, 0.3) is 0 Å². The van der Waals surface area contributed by atoms with Crippen LogP contribution in [0.1, 0.15) is 11.7 Å². The Morgan fingerprint density at radius 3 is 2.88 bits per heavy atom. The first-order chi connectivity index (χ1) is 8.13. The summed E-state index contributed by atoms with van der Waals surface area (Å²) in [6, 6.07) is 1.59. The number of nitrogens with zero attached hydrogens (tertiary/aromatic N) is 4. The van der Waals surface area contributed by atoms with Crippen LogP contribution in [0.15, 0.2) is 10.6 Å². The molecule has 0 spiro atoms. The Bertz CT molecular complexity index is 494. The molecule has 0 aliphatic heterocycles. The van der Waals surface area contributed by atoms with Gasteiger partial charge < -0.3 is 15.6 Å². The van der Waals surface area contributed by atoms with Crippen LogP contribution in [-0.4, -0.2) is 26.7 Å². The summed E-state index contributed by atoms with van der Waals surface area (Å²) in [5.74, 6) is 1.89. The third-order valence-corrected chi connectivity index (χ3v) is 2.12. The average Bonchev–Trinajstić information content (AvgIpc) is 2.63. The molecule has 0 amide bonds. The molecule has 0 atom stereocenters. The molecule has 0 aromatic carbocycles. The first-order valence-electron chi connectivity index (χ1n) is 4.96. The van der Waals surface area contributed by atoms with Crippen molar-refractivity contribution in [2.45, 2.75) is 13.3 Å². The van der Waals surface area contributed by atoms with Crippen molar-refractivity contribution in [3.63, 3.8) is 0 Å². The van der Waals surface area contributed by atoms with Crippen molar-refractivity contribution in [2.24, 2.45) is 0 Å². The van der Waals surface area contributed by atoms with Gasteiger partial charge in [0.1, 0.15) is 11.0 Å². The topological polar surface area (TPSA) is 103 Å². The fourth-order valence-corrected chi connectivity index (χ4v) is 1.45. The minimum Gasteiger partial charge on any atom is -0.369 e. The summed E-state index contributed by atoms with van der Waals surface area (Å²) in [7, 11) is 0. The van der Waals surface area contributed by atoms with E-state index in [9.17, 15) is 0 Å². The van der Waals surface area contributed by atoms with E-state index in [1.807, 2.05) is 0 Å². The van der Waals surface area contributed by atoms with Gasteiger partial charge in [-0.15, -0.1) is 0 Å². The second kappa shape index (κ2) is 4.96. The fraction of sp³-hybridized carbons (Fsp3) is 0.333. The van der Waals surface area contributed by atoms with E-state index in [1.165, 1.54) is 0 Å². The highest BCUT2D eigenvalue weighted by Crippen LogP contribution is 2.12. The third kappa shape index (κ3) is 3.28. The SMILES string of the molecule is Cc1noc(CCNc2cc(Cl)nc(N)n2)n1. The van der Waals surface area contributed by atoms with E-state index >= 15 is 0 Å². The fourth-order valence-electron chi connectivity index (χ4n) is 1.26. The van der Waals surface area contributed by atoms with Gasteiger partial charge in [0.2, 0.25) is 11.8 Å². The van der Waals surface area contributed by atoms with Gasteiger partial charge in [-0.1, -0.05) is 16.8 Å². The number of rotatable bonds is 4. The molecule has 17 heavy (non-hydrogen) atoms. The van der Waals surface area contributed by atoms with E-state index in [2.05, 4.69) is 25.4 Å². The molecule has 0 saturated carbocycles. The number of aromatic nitrogens is 4. The smallest absolute Gasteiger partial charge is 0.228 e. The Kier molecular flexibility index (Phi) is 3.38. The summed E-state index contributed by atoms with van der Waals surface area (Å²) in [6.45, 7) is 2.36. The summed E-state index contributed by atoms with van der Waals surface area (Å²) in [4.78, 5) is 11.8. The minimum absolute atomic E-state index is 0.133. The molecule has 0 aliphatic carbocycles. The maximum Gasteiger partial charge on any atom is 0.228 e. The maximum atomic E-state index is 5.74. The second-order valence-electron chi connectivity index (χ2n) is 3.35. The second-order valence-corrected chi connectivity index (χ2v) is 3.73. The van der Waals surface area contributed by atoms with Gasteiger partial charge in [-0.25, -0.2) is 4.98 Å². The van der Waals surface area contributed by atoms with Crippen LogP contribution in [0.5, 0.6) is 0 Å². The molecule has 2 rings (SSSR count). The van der Waals surface area contributed by atoms with Crippen LogP contribution in [-0.2, 0) is 6.42 Å². The number of anilines is 2. The predicted octanol–water partition coefficient (Wildman–Crippen LogP) is 1.06. The molecule has 0 bridgehead atoms. The highest BCUT2D eigenvalue weighted by molar-refractivity contribution is 6.29. The highest BCUT2D eigenvalue weighted by Gasteiger charge is 2.03. The Morgan fingerprint density at radius 2 is 2.24 bits per heavy atom. The van der Waals surface area contributed by atoms with Crippen molar-refractivity contribution < 1.29 is 4.52 Å². The standard InChI is InChI=1S/C9H11ClN6O/c1-5-13-8(17-16-5)2-3-12-7-4-6(10)14-9(11)15-7/h4H,2-3H2,1H3,(H3,11,12,14,15). The van der Waals surface area contributed by atoms with Crippen molar-refractivity contribution in [1.82, 2.24) is 20.1 Å². The number of hydrogen-bond acceptors (Lipinski definition) is 7. The molecule has 0 fully saturated rings. The van der Waals surface area contributed by atoms with Crippen LogP contribution in [0.2, 0.25) is 5.15 Å². The molecule has 3 N–H and O–H groups in total. The molecule has 0 radical (unpaired) electrons. The zero-order valence-corrected chi connectivity index (χ0v) is 9.90. The summed E-state index contributed by atoms with van der Waals surface area (Å²) in [5, 5.41) is 7.03. The van der Waals surface area contributed by atoms with E-state index in [-0.39, 0.29) is 5.95 Å². The lowest BCUT2D eigenvalue weighted by molar-refractivity contribution is 0.377. The molecule has 2 heterocycles. The van der Waals surface area contributed by atoms with E-state index < -0.39 is 0 Å². The number of aryl methyl sites for hydroxylation is 1. The molecule has 0 unspecified atom stereocenters. The summed E-state index contributed by atoms with van der Waals surface area (Å²) >= 11 is 5.74. The van der Waals surface area contributed by atoms with Crippen molar-refractivity contribution >= 4 is 23.4 Å². The van der Waals surface area contributed by atoms with Crippen LogP contribution in [0, 0.1) is 6.92 Å². The largest absolute Gasteiger partial charge is 0.369 e. The summed E-state index contributed by atoms with van der Waals surface area (Å²) in [6.07, 6.45) is 0.600. The molecule has 8 heteroatoms. The van der Waals surface area contributed by atoms with Gasteiger partial charge in [-0.05, 0) is 6.92 Å². The molecule has 0 saturated heterocycles. The molecule has 0 aliphatic rings. The van der Waals surface area contributed by atoms with Gasteiger partial charge in [0, 0.05) is 19.0 Å². The average molecular weight is 255 g/mol. The summed E-state index contributed by atoms with van der Waals surface area (Å²) < 4.78 is 4.97. The molecule has 2 aromatic heterocycles. The lowest BCUT2D eigenvalue weighted by Crippen LogP contribution is -2.08. The zero-order chi connectivity index (χ0) is 12.3. The van der Waals surface area contributed by atoms with Crippen molar-refractivity contribution in [2.75, 3.05) is 17.6 Å². The molecule has 7 nitrogen and oxygen atoms in total. The van der Waals surface area contributed by atoms with Crippen molar-refractivity contribution in [3.05, 3.63) is 22.9 Å². The first kappa shape index (κ1) is 11.6. The quantitative estimate of drug-likeness (QED) is 0.786. The number of nitrogens with two attached hydrogens (primary N) is 1. The number of halogens is 1. The molecular weight excluding hydrogens is 244 g/mol. The van der Waals surface area contributed by atoms with E-state index in [0.29, 0.717) is 35.7 Å². The van der Waals surface area contributed by atoms with Crippen LogP contribution in [0.4, 0.5) is 11.8 Å². The molecular formula is C9H11ClN6O. The van der Waals surface area contributed by atoms with Gasteiger partial charge in [-0.2, -0.15) is 9.97 Å². The Balaban J connectivity index is 1.89. The lowest BCUT2D eigenvalue weighted by Gasteiger charge is -2.04. The van der Waals surface area contributed by atoms with Crippen molar-refractivity contribution in [1.29, 1.82) is 0 Å². The Labute approximate surface area is 102 Å². The van der Waals surface area contributed by atoms with Crippen LogP contribution >= 0.6 is 11.6 Å². The predicted molar refractivity (Wildman–Crippen MR) is 62.7 cm³/mol. The highest BCUT2D eigenvalue weighted by atomic mass is 35.5. The van der Waals surface area contributed by atoms with Gasteiger partial charge >= 0.3 is 0 Å². The van der Waals surface area contributed by atoms with Gasteiger partial charge in [-0.3, -0.25) is 0 Å². The monoisotopic (exact) mass is 254 g/mol. The lowest BCUT2D eigenvalue weighted by atomic mass is 10.4. The third-order valence-electron chi connectivity index (χ3n) is 1.93. The van der Waals surface area contributed by atoms with Crippen LogP contribution in [0.3, 0.4) is 0 Å². The number of nitrogens with one attached hydrogen (secondary N) is 1. The number of hydrogen-bond donors (Lipinski definition) is 2. The van der Waals surface area contributed by atoms with Gasteiger partial charge in [0.05, 0.1) is 0 Å². The molecule has 90 valence electrons. The van der Waals surface area contributed by atoms with Crippen LogP contribution < -0.4 is 11.1 Å². The molecule has 2 aromatic rings. The van der Waals surface area contributed by atoms with E-state index in [4.69, 9.17) is 21.9 Å². The van der Waals surface area contributed by atoms with E-state index in [0.717, 1.165) is 0 Å². The minimum atomic E-state index is 0.133. The van der Waals surface area contributed by atoms with E-state index in [1.54, 1.807) is 13.0 Å². The first-order valence-corrected chi connectivity index (χ1v) is 5.34. The maximum absolute atomic E-state index is 5.74. The van der Waals surface area contributed by atoms with Crippen LogP contribution in [0.25, 0.3) is 0 Å². The summed E-state index contributed by atoms with van der Waals surface area (Å²) in [5.41, 5.74) is 5.46. The Hall–Kier alpha value is -1.89. The Morgan fingerprint density at radius 1 is 1.41 bits per heavy atom.